The highest BCUT2D eigenvalue weighted by molar-refractivity contribution is 5.78. The molecule has 0 aromatic heterocycles. The van der Waals surface area contributed by atoms with E-state index >= 15 is 0 Å². The van der Waals surface area contributed by atoms with E-state index in [4.69, 9.17) is 40.6 Å². The zero-order chi connectivity index (χ0) is 18.4. The van der Waals surface area contributed by atoms with E-state index in [0.717, 1.165) is 6.08 Å². The largest absolute Gasteiger partial charge is 0.478 e. The second kappa shape index (κ2) is 13.3. The van der Waals surface area contributed by atoms with Crippen molar-refractivity contribution >= 4 is 5.97 Å². The fraction of sp³-hybridized carbons (Fsp3) is 0.769. The molecular weight excluding hydrogens is 316 g/mol. The van der Waals surface area contributed by atoms with E-state index in [0.29, 0.717) is 0 Å². The Morgan fingerprint density at radius 3 is 1.48 bits per heavy atom. The quantitative estimate of drug-likeness (QED) is 0.116. The summed E-state index contributed by atoms with van der Waals surface area (Å²) in [5.74, 6) is -0.981. The van der Waals surface area contributed by atoms with Crippen LogP contribution in [-0.4, -0.2) is 94.7 Å². The molecule has 0 atom stereocenters. The summed E-state index contributed by atoms with van der Waals surface area (Å²) in [5.41, 5.74) is -2.36. The molecule has 0 saturated heterocycles. The van der Waals surface area contributed by atoms with Gasteiger partial charge in [-0.25, -0.2) is 9.68 Å². The van der Waals surface area contributed by atoms with Gasteiger partial charge in [0.25, 0.3) is 0 Å². The van der Waals surface area contributed by atoms with Crippen LogP contribution in [0, 0.1) is 10.8 Å². The van der Waals surface area contributed by atoms with Crippen LogP contribution in [0.15, 0.2) is 12.7 Å². The molecule has 0 aliphatic carbocycles. The van der Waals surface area contributed by atoms with Crippen molar-refractivity contribution in [2.75, 3.05) is 52.9 Å². The molecule has 10 nitrogen and oxygen atoms in total. The molecule has 0 bridgehead atoms. The lowest BCUT2D eigenvalue weighted by atomic mass is 9.91. The molecule has 0 amide bonds. The molecule has 0 radical (unpaired) electrons. The predicted molar refractivity (Wildman–Crippen MR) is 77.5 cm³/mol. The molecule has 0 unspecified atom stereocenters. The topological polar surface area (TPSA) is 177 Å². The van der Waals surface area contributed by atoms with Crippen LogP contribution < -0.4 is 0 Å². The van der Waals surface area contributed by atoms with Crippen LogP contribution >= 0.6 is 0 Å². The van der Waals surface area contributed by atoms with Crippen molar-refractivity contribution in [1.82, 2.24) is 0 Å². The Kier molecular flexibility index (Phi) is 14.0. The molecule has 10 heteroatoms. The average molecular weight is 342 g/mol. The van der Waals surface area contributed by atoms with Gasteiger partial charge in [0, 0.05) is 6.08 Å². The van der Waals surface area contributed by atoms with Gasteiger partial charge in [0.05, 0.1) is 63.7 Å². The Morgan fingerprint density at radius 2 is 1.22 bits per heavy atom. The van der Waals surface area contributed by atoms with Gasteiger partial charge in [-0.2, -0.15) is 0 Å². The Labute approximate surface area is 133 Å². The van der Waals surface area contributed by atoms with Crippen molar-refractivity contribution in [3.8, 4) is 0 Å². The monoisotopic (exact) mass is 342 g/mol. The molecule has 7 N–H and O–H groups in total. The van der Waals surface area contributed by atoms with Crippen molar-refractivity contribution in [3.05, 3.63) is 12.7 Å². The maximum atomic E-state index is 9.25. The van der Waals surface area contributed by atoms with E-state index in [2.05, 4.69) is 11.5 Å². The Morgan fingerprint density at radius 1 is 0.870 bits per heavy atom. The summed E-state index contributed by atoms with van der Waals surface area (Å²) in [6.45, 7) is -0.0627. The van der Waals surface area contributed by atoms with Crippen LogP contribution in [0.5, 0.6) is 0 Å². The molecule has 0 aromatic carbocycles. The van der Waals surface area contributed by atoms with Crippen LogP contribution in [0.4, 0.5) is 0 Å². The molecule has 0 aliphatic heterocycles. The lowest BCUT2D eigenvalue weighted by molar-refractivity contribution is -0.274. The van der Waals surface area contributed by atoms with Gasteiger partial charge in [0.2, 0.25) is 0 Å². The first-order valence-corrected chi connectivity index (χ1v) is 6.58. The van der Waals surface area contributed by atoms with Gasteiger partial charge in [-0.1, -0.05) is 6.58 Å². The predicted octanol–water partition coefficient (Wildman–Crippen LogP) is -2.32. The number of rotatable bonds is 12. The lowest BCUT2D eigenvalue weighted by Gasteiger charge is -2.31. The number of hydrogen-bond acceptors (Lipinski definition) is 9. The highest BCUT2D eigenvalue weighted by Gasteiger charge is 2.33. The van der Waals surface area contributed by atoms with Gasteiger partial charge < -0.3 is 35.4 Å². The summed E-state index contributed by atoms with van der Waals surface area (Å²) < 4.78 is 5.18. The number of aliphatic hydroxyl groups is 5. The van der Waals surface area contributed by atoms with E-state index < -0.39 is 49.8 Å². The molecular formula is C13H26O10. The fourth-order valence-corrected chi connectivity index (χ4v) is 1.18. The van der Waals surface area contributed by atoms with Gasteiger partial charge in [-0.05, 0) is 0 Å². The second-order valence-corrected chi connectivity index (χ2v) is 5.10. The van der Waals surface area contributed by atoms with Crippen LogP contribution in [0.2, 0.25) is 0 Å². The van der Waals surface area contributed by atoms with Crippen LogP contribution in [-0.2, 0) is 14.4 Å². The molecule has 138 valence electrons. The van der Waals surface area contributed by atoms with Crippen LogP contribution in [0.25, 0.3) is 0 Å². The lowest BCUT2D eigenvalue weighted by Crippen LogP contribution is -2.43. The number of carboxylic acid groups (broad SMARTS) is 1. The van der Waals surface area contributed by atoms with E-state index in [1.54, 1.807) is 0 Å². The summed E-state index contributed by atoms with van der Waals surface area (Å²) in [7, 11) is 0. The van der Waals surface area contributed by atoms with E-state index in [1.165, 1.54) is 0 Å². The zero-order valence-corrected chi connectivity index (χ0v) is 12.8. The van der Waals surface area contributed by atoms with Gasteiger partial charge in [-0.15, -0.1) is 0 Å². The summed E-state index contributed by atoms with van der Waals surface area (Å²) in [4.78, 5) is 13.2. The number of ether oxygens (including phenoxy) is 1. The highest BCUT2D eigenvalue weighted by Crippen LogP contribution is 2.20. The van der Waals surface area contributed by atoms with Crippen molar-refractivity contribution in [2.24, 2.45) is 10.8 Å². The van der Waals surface area contributed by atoms with E-state index in [9.17, 15) is 4.79 Å². The van der Waals surface area contributed by atoms with Crippen molar-refractivity contribution in [3.63, 3.8) is 0 Å². The maximum Gasteiger partial charge on any atom is 0.327 e. The number of carboxylic acids is 1. The fourth-order valence-electron chi connectivity index (χ4n) is 1.18. The molecule has 0 rings (SSSR count). The zero-order valence-electron chi connectivity index (χ0n) is 12.8. The highest BCUT2D eigenvalue weighted by atomic mass is 17.1. The molecule has 0 heterocycles. The molecule has 0 aliphatic rings. The first-order chi connectivity index (χ1) is 10.8. The normalized spacial score (nSPS) is 11.6. The third kappa shape index (κ3) is 9.58. The van der Waals surface area contributed by atoms with E-state index in [-0.39, 0.29) is 19.8 Å². The smallest absolute Gasteiger partial charge is 0.327 e. The SMILES string of the molecule is C=CC(=O)O.OCC(CO)(CO)COCC(CO)(CO)COO. The summed E-state index contributed by atoms with van der Waals surface area (Å²) >= 11 is 0. The third-order valence-electron chi connectivity index (χ3n) is 3.04. The number of hydrogen-bond donors (Lipinski definition) is 7. The Balaban J connectivity index is 0. The van der Waals surface area contributed by atoms with Gasteiger partial charge in [-0.3, -0.25) is 5.26 Å². The number of carbonyl (C=O) groups is 1. The molecule has 0 fully saturated rings. The Hall–Kier alpha value is -1.11. The number of aliphatic hydroxyl groups excluding tert-OH is 5. The standard InChI is InChI=1S/C10H22O8.C3H4O2/c11-1-9(2-12,3-13)6-17-7-10(4-14,5-15)8-18-16;1-2-3(4)5/h11-16H,1-8H2;2H,1H2,(H,4,5). The van der Waals surface area contributed by atoms with Crippen LogP contribution in [0.1, 0.15) is 0 Å². The van der Waals surface area contributed by atoms with Crippen LogP contribution in [0.3, 0.4) is 0 Å². The molecule has 0 aromatic rings. The first-order valence-electron chi connectivity index (χ1n) is 6.58. The summed E-state index contributed by atoms with van der Waals surface area (Å²) in [6.07, 6.45) is 0.833. The Bertz CT molecular complexity index is 304. The van der Waals surface area contributed by atoms with Gasteiger partial charge in [0.1, 0.15) is 0 Å². The summed E-state index contributed by atoms with van der Waals surface area (Å²) in [6, 6.07) is 0. The first kappa shape index (κ1) is 24.1. The number of aliphatic carboxylic acids is 1. The van der Waals surface area contributed by atoms with Crippen molar-refractivity contribution in [1.29, 1.82) is 0 Å². The van der Waals surface area contributed by atoms with Crippen molar-refractivity contribution < 1.29 is 50.3 Å². The third-order valence-corrected chi connectivity index (χ3v) is 3.04. The minimum atomic E-state index is -1.18. The van der Waals surface area contributed by atoms with Gasteiger partial charge in [0.15, 0.2) is 0 Å². The average Bonchev–Trinajstić information content (AvgIpc) is 2.58. The molecule has 0 saturated carbocycles. The maximum absolute atomic E-state index is 9.25. The minimum Gasteiger partial charge on any atom is -0.478 e. The summed E-state index contributed by atoms with van der Waals surface area (Å²) in [5, 5.41) is 61.4. The van der Waals surface area contributed by atoms with E-state index in [1.807, 2.05) is 0 Å². The second-order valence-electron chi connectivity index (χ2n) is 5.10. The van der Waals surface area contributed by atoms with Crippen molar-refractivity contribution in [2.45, 2.75) is 0 Å². The van der Waals surface area contributed by atoms with Gasteiger partial charge >= 0.3 is 5.97 Å². The minimum absolute atomic E-state index is 0.163. The molecule has 0 spiro atoms. The molecule has 23 heavy (non-hydrogen) atoms.